The molecule has 0 saturated carbocycles. The number of alkyl halides is 1. The lowest BCUT2D eigenvalue weighted by Crippen LogP contribution is -2.18. The van der Waals surface area contributed by atoms with Crippen LogP contribution in [0.4, 0.5) is 11.6 Å². The number of nitrogens with one attached hydrogen (secondary N) is 1. The zero-order valence-corrected chi connectivity index (χ0v) is 73.1. The first kappa shape index (κ1) is 88.6. The van der Waals surface area contributed by atoms with Gasteiger partial charge in [-0.15, -0.1) is 0 Å². The van der Waals surface area contributed by atoms with Crippen LogP contribution in [0.5, 0.6) is 29.4 Å². The molecule has 5 atom stereocenters. The molecule has 26 heteroatoms. The molecule has 0 bridgehead atoms. The Kier molecular flexibility index (Phi) is 30.5. The highest BCUT2D eigenvalue weighted by Crippen LogP contribution is 2.38. The summed E-state index contributed by atoms with van der Waals surface area (Å²) in [7, 11) is 0. The third-order valence-corrected chi connectivity index (χ3v) is 20.1. The number of pyridine rings is 5. The Hall–Kier alpha value is -11.2. The number of aldehydes is 1. The fraction of sp³-hybridized carbons (Fsp3) is 0.398. The standard InChI is InChI=1S/C25H30N6O2.C15H18BrNO.C15H19NO2.C14H17NO2.C14H15NO2.C10H13N5O/c1-15(2)33-25-21-16(3)8-7-9-18(21)12-19(30-25)17(4)29-23-22-24(27-13-26-23)31(14-28-22)20-10-5-6-11-32-20;1-9(2)18-15-14-10(3)6-5-7-12(14)8-13(17-15)11(4)16;1-9(2)18-15-14-10(3)6-5-7-12(14)8-13(16-15)11(4)17;2*1-9(2)17-14-13-10(3)5-4-6-11(13)7-12(8-16)15-14;11-9-8-10(13-5-12-9)15(6-14-8)7-3-1-2-4-16-7/h7-9,12-15,17,20H,5-6,10-11H2,1-4H3,(H,26,27,29);5-9,11H,1-4H3;5-9,11,17H,1-4H3;4-7,9,16H,8H2,1-3H3;4-9H,1-3H3;5-7H,1-4H2,(H2,11,12,13). The largest absolute Gasteiger partial charge is 0.474 e. The summed E-state index contributed by atoms with van der Waals surface area (Å²) in [6, 6.07) is 40.3. The number of carbonyl (C=O) groups excluding carboxylic acids is 1. The Morgan fingerprint density at radius 2 is 0.840 bits per heavy atom. The molecule has 5 N–H and O–H groups in total. The molecule has 11 heterocycles. The number of hydrogen-bond acceptors (Lipinski definition) is 23. The van der Waals surface area contributed by atoms with Gasteiger partial charge in [-0.1, -0.05) is 107 Å². The van der Waals surface area contributed by atoms with Crippen molar-refractivity contribution < 1.29 is 48.2 Å². The van der Waals surface area contributed by atoms with Gasteiger partial charge in [-0.2, -0.15) is 0 Å². The highest BCUT2D eigenvalue weighted by atomic mass is 79.9. The molecule has 2 aliphatic rings. The van der Waals surface area contributed by atoms with Gasteiger partial charge in [0.25, 0.3) is 0 Å². The number of rotatable bonds is 19. The molecule has 5 aromatic carbocycles. The average Bonchev–Trinajstić information content (AvgIpc) is 1.77. The molecule has 16 rings (SSSR count). The number of benzene rings is 5. The summed E-state index contributed by atoms with van der Waals surface area (Å²) in [5.41, 5.74) is 17.9. The fourth-order valence-electron chi connectivity index (χ4n) is 14.1. The Morgan fingerprint density at radius 3 is 1.24 bits per heavy atom. The second-order valence-corrected chi connectivity index (χ2v) is 32.6. The van der Waals surface area contributed by atoms with Crippen LogP contribution in [0.15, 0.2) is 147 Å². The molecule has 25 nitrogen and oxygen atoms in total. The molecule has 14 aromatic rings. The van der Waals surface area contributed by atoms with Crippen LogP contribution in [0.25, 0.3) is 76.2 Å². The predicted octanol–water partition coefficient (Wildman–Crippen LogP) is 20.6. The van der Waals surface area contributed by atoms with Crippen LogP contribution >= 0.6 is 15.9 Å². The number of aromatic nitrogens is 13. The summed E-state index contributed by atoms with van der Waals surface area (Å²) < 4.78 is 44.7. The van der Waals surface area contributed by atoms with Gasteiger partial charge in [0.1, 0.15) is 36.3 Å². The van der Waals surface area contributed by atoms with E-state index in [2.05, 4.69) is 147 Å². The third-order valence-electron chi connectivity index (χ3n) is 19.6. The van der Waals surface area contributed by atoms with Gasteiger partial charge in [0.05, 0.1) is 89.5 Å². The minimum atomic E-state index is -0.593. The molecule has 5 unspecified atom stereocenters. The number of carbonyl (C=O) groups is 1. The lowest BCUT2D eigenvalue weighted by atomic mass is 10.0. The van der Waals surface area contributed by atoms with Gasteiger partial charge in [-0.25, -0.2) is 54.8 Å². The molecule has 0 spiro atoms. The first-order valence-electron chi connectivity index (χ1n) is 40.9. The normalized spacial score (nSPS) is 14.8. The molecular formula is C93H112BrN15O10. The van der Waals surface area contributed by atoms with Crippen molar-refractivity contribution in [2.75, 3.05) is 24.3 Å². The first-order chi connectivity index (χ1) is 57.1. The smallest absolute Gasteiger partial charge is 0.222 e. The highest BCUT2D eigenvalue weighted by Gasteiger charge is 2.25. The van der Waals surface area contributed by atoms with E-state index in [1.807, 2.05) is 166 Å². The first-order valence-corrected chi connectivity index (χ1v) is 41.8. The molecular weight excluding hydrogens is 1570 g/mol. The van der Waals surface area contributed by atoms with Gasteiger partial charge in [0.15, 0.2) is 34.7 Å². The molecule has 0 amide bonds. The van der Waals surface area contributed by atoms with Crippen molar-refractivity contribution in [1.82, 2.24) is 64.0 Å². The zero-order valence-electron chi connectivity index (χ0n) is 71.5. The van der Waals surface area contributed by atoms with Gasteiger partial charge < -0.3 is 54.4 Å². The molecule has 0 aliphatic carbocycles. The Morgan fingerprint density at radius 1 is 0.471 bits per heavy atom. The van der Waals surface area contributed by atoms with Crippen molar-refractivity contribution in [2.24, 2.45) is 0 Å². The van der Waals surface area contributed by atoms with Crippen molar-refractivity contribution in [2.45, 2.75) is 230 Å². The minimum absolute atomic E-state index is 0.0231. The van der Waals surface area contributed by atoms with Gasteiger partial charge >= 0.3 is 0 Å². The van der Waals surface area contributed by atoms with Crippen LogP contribution in [0, 0.1) is 34.6 Å². The number of ether oxygens (including phenoxy) is 7. The summed E-state index contributed by atoms with van der Waals surface area (Å²) in [5.74, 6) is 4.26. The van der Waals surface area contributed by atoms with Gasteiger partial charge in [0, 0.05) is 40.1 Å². The van der Waals surface area contributed by atoms with E-state index in [0.717, 1.165) is 156 Å². The Labute approximate surface area is 704 Å². The van der Waals surface area contributed by atoms with E-state index in [1.165, 1.54) is 23.7 Å². The lowest BCUT2D eigenvalue weighted by Gasteiger charge is -2.23. The van der Waals surface area contributed by atoms with Crippen LogP contribution in [0.3, 0.4) is 0 Å². The maximum absolute atomic E-state index is 10.9. The number of aliphatic hydroxyl groups is 2. The second-order valence-electron chi connectivity index (χ2n) is 31.2. The fourth-order valence-corrected chi connectivity index (χ4v) is 14.3. The van der Waals surface area contributed by atoms with E-state index in [4.69, 9.17) is 43.9 Å². The highest BCUT2D eigenvalue weighted by molar-refractivity contribution is 9.09. The molecule has 626 valence electrons. The van der Waals surface area contributed by atoms with Crippen LogP contribution in [-0.2, 0) is 16.1 Å². The molecule has 2 aliphatic heterocycles. The van der Waals surface area contributed by atoms with Crippen molar-refractivity contribution in [1.29, 1.82) is 0 Å². The lowest BCUT2D eigenvalue weighted by molar-refractivity contribution is -0.0299. The van der Waals surface area contributed by atoms with Gasteiger partial charge in [-0.3, -0.25) is 13.9 Å². The molecule has 119 heavy (non-hydrogen) atoms. The summed E-state index contributed by atoms with van der Waals surface area (Å²) in [6.45, 7) is 37.5. The molecule has 9 aromatic heterocycles. The number of nitrogen functional groups attached to an aromatic ring is 1. The number of anilines is 2. The summed E-state index contributed by atoms with van der Waals surface area (Å²) >= 11 is 3.57. The second kappa shape index (κ2) is 41.0. The SMILES string of the molecule is Cc1cccc2cc(C(C)Br)nc(OC(C)C)c12.Cc1cccc2cc(C(C)Nc3ncnc4c3ncn4C3CCCCO3)nc(OC(C)C)c12.Cc1cccc2cc(C(C)O)nc(OC(C)C)c12.Cc1cccc2cc(C=O)nc(OC(C)C)c12.Cc1cccc2cc(CO)nc(OC(C)C)c12.Nc1ncnc2c1ncn2C1CCCCO1. The van der Waals surface area contributed by atoms with Crippen molar-refractivity contribution in [3.63, 3.8) is 0 Å². The maximum Gasteiger partial charge on any atom is 0.222 e. The number of aryl methyl sites for hydroxylation is 5. The number of imidazole rings is 2. The average molecular weight is 1680 g/mol. The van der Waals surface area contributed by atoms with E-state index < -0.39 is 6.10 Å². The Bertz CT molecular complexity index is 5680. The van der Waals surface area contributed by atoms with E-state index in [-0.39, 0.29) is 60.5 Å². The zero-order chi connectivity index (χ0) is 85.3. The predicted molar refractivity (Wildman–Crippen MR) is 475 cm³/mol. The quantitative estimate of drug-likeness (QED) is 0.0432. The van der Waals surface area contributed by atoms with E-state index in [0.29, 0.717) is 57.8 Å². The van der Waals surface area contributed by atoms with Crippen molar-refractivity contribution in [3.05, 3.63) is 203 Å². The van der Waals surface area contributed by atoms with E-state index in [9.17, 15) is 15.0 Å². The van der Waals surface area contributed by atoms with Gasteiger partial charge in [0.2, 0.25) is 29.4 Å². The Balaban J connectivity index is 0.000000143. The van der Waals surface area contributed by atoms with Crippen LogP contribution in [0.2, 0.25) is 0 Å². The third kappa shape index (κ3) is 22.4. The summed E-state index contributed by atoms with van der Waals surface area (Å²) in [4.78, 5) is 59.5. The van der Waals surface area contributed by atoms with Crippen molar-refractivity contribution in [3.8, 4) is 29.4 Å². The molecule has 2 saturated heterocycles. The number of halogens is 1. The van der Waals surface area contributed by atoms with Crippen molar-refractivity contribution >= 4 is 110 Å². The minimum Gasteiger partial charge on any atom is -0.474 e. The monoisotopic (exact) mass is 1680 g/mol. The molecule has 0 radical (unpaired) electrons. The number of nitrogens with zero attached hydrogens (tertiary/aromatic N) is 13. The van der Waals surface area contributed by atoms with E-state index >= 15 is 0 Å². The maximum atomic E-state index is 10.9. The van der Waals surface area contributed by atoms with Crippen LogP contribution < -0.4 is 34.7 Å². The number of fused-ring (bicyclic) bond motifs is 7. The van der Waals surface area contributed by atoms with Crippen LogP contribution in [0.1, 0.15) is 219 Å². The van der Waals surface area contributed by atoms with Crippen LogP contribution in [-0.4, -0.2) is 124 Å². The molecule has 2 fully saturated rings. The van der Waals surface area contributed by atoms with Gasteiger partial charge in [-0.05, 0) is 248 Å². The summed E-state index contributed by atoms with van der Waals surface area (Å²) in [5, 5.41) is 33.0. The summed E-state index contributed by atoms with van der Waals surface area (Å²) in [6.07, 6.45) is 13.5. The topological polar surface area (TPSA) is 312 Å². The number of nitrogens with two attached hydrogens (primary N) is 1. The number of aliphatic hydroxyl groups excluding tert-OH is 2. The number of hydrogen-bond donors (Lipinski definition) is 4. The van der Waals surface area contributed by atoms with E-state index in [1.54, 1.807) is 32.0 Å².